The van der Waals surface area contributed by atoms with Crippen molar-refractivity contribution in [2.45, 2.75) is 16.8 Å². The SMILES string of the molecule is Cc1cccc2cc(/C=C3/N=C(c4ccccc4)OC3=O)c(Sc3ccccc3)nc12. The zero-order chi connectivity index (χ0) is 21.2. The lowest BCUT2D eigenvalue weighted by Gasteiger charge is -2.09. The van der Waals surface area contributed by atoms with Crippen molar-refractivity contribution in [3.05, 3.63) is 107 Å². The second kappa shape index (κ2) is 8.20. The highest BCUT2D eigenvalue weighted by Gasteiger charge is 2.24. The summed E-state index contributed by atoms with van der Waals surface area (Å²) in [5, 5.41) is 1.83. The van der Waals surface area contributed by atoms with E-state index in [1.165, 1.54) is 0 Å². The number of cyclic esters (lactones) is 1. The van der Waals surface area contributed by atoms with Crippen molar-refractivity contribution in [3.63, 3.8) is 0 Å². The van der Waals surface area contributed by atoms with Gasteiger partial charge < -0.3 is 4.74 Å². The molecule has 31 heavy (non-hydrogen) atoms. The number of aromatic nitrogens is 1. The minimum atomic E-state index is -0.459. The molecule has 0 saturated carbocycles. The molecule has 1 aliphatic heterocycles. The number of aryl methyl sites for hydroxylation is 1. The van der Waals surface area contributed by atoms with Gasteiger partial charge in [0, 0.05) is 21.4 Å². The average molecular weight is 423 g/mol. The number of para-hydroxylation sites is 1. The smallest absolute Gasteiger partial charge is 0.363 e. The van der Waals surface area contributed by atoms with Crippen LogP contribution in [0.5, 0.6) is 0 Å². The molecule has 0 radical (unpaired) electrons. The van der Waals surface area contributed by atoms with Crippen LogP contribution in [0.1, 0.15) is 16.7 Å². The molecule has 0 N–H and O–H groups in total. The van der Waals surface area contributed by atoms with Gasteiger partial charge in [0.25, 0.3) is 0 Å². The first-order valence-corrected chi connectivity index (χ1v) is 10.7. The van der Waals surface area contributed by atoms with Crippen molar-refractivity contribution in [1.82, 2.24) is 4.98 Å². The minimum absolute atomic E-state index is 0.266. The number of carbonyl (C=O) groups is 1. The number of carbonyl (C=O) groups excluding carboxylic acids is 1. The molecule has 5 rings (SSSR count). The van der Waals surface area contributed by atoms with Gasteiger partial charge in [-0.15, -0.1) is 0 Å². The molecule has 1 aliphatic rings. The molecule has 0 fully saturated rings. The monoisotopic (exact) mass is 422 g/mol. The van der Waals surface area contributed by atoms with Crippen molar-refractivity contribution in [1.29, 1.82) is 0 Å². The highest BCUT2D eigenvalue weighted by molar-refractivity contribution is 7.99. The maximum Gasteiger partial charge on any atom is 0.363 e. The minimum Gasteiger partial charge on any atom is -0.402 e. The first kappa shape index (κ1) is 19.3. The van der Waals surface area contributed by atoms with Gasteiger partial charge in [0.2, 0.25) is 5.90 Å². The molecule has 0 aliphatic carbocycles. The number of pyridine rings is 1. The van der Waals surface area contributed by atoms with E-state index in [1.54, 1.807) is 17.8 Å². The van der Waals surface area contributed by atoms with Crippen molar-refractivity contribution >= 4 is 40.6 Å². The van der Waals surface area contributed by atoms with Crippen LogP contribution in [0.4, 0.5) is 0 Å². The number of esters is 1. The van der Waals surface area contributed by atoms with Crippen molar-refractivity contribution < 1.29 is 9.53 Å². The van der Waals surface area contributed by atoms with Crippen molar-refractivity contribution in [2.24, 2.45) is 4.99 Å². The second-order valence-electron chi connectivity index (χ2n) is 7.15. The van der Waals surface area contributed by atoms with E-state index in [2.05, 4.69) is 24.0 Å². The zero-order valence-electron chi connectivity index (χ0n) is 16.8. The van der Waals surface area contributed by atoms with E-state index in [4.69, 9.17) is 9.72 Å². The third-order valence-corrected chi connectivity index (χ3v) is 5.96. The highest BCUT2D eigenvalue weighted by Crippen LogP contribution is 2.33. The first-order valence-electron chi connectivity index (χ1n) is 9.89. The molecular formula is C26H18N2O2S. The lowest BCUT2D eigenvalue weighted by molar-refractivity contribution is -0.129. The molecule has 0 saturated heterocycles. The Labute approximate surface area is 184 Å². The summed E-state index contributed by atoms with van der Waals surface area (Å²) < 4.78 is 5.41. The van der Waals surface area contributed by atoms with Crippen LogP contribution >= 0.6 is 11.8 Å². The largest absolute Gasteiger partial charge is 0.402 e. The number of hydrogen-bond donors (Lipinski definition) is 0. The van der Waals surface area contributed by atoms with Gasteiger partial charge >= 0.3 is 5.97 Å². The summed E-state index contributed by atoms with van der Waals surface area (Å²) in [6.07, 6.45) is 1.76. The van der Waals surface area contributed by atoms with Crippen LogP contribution in [-0.4, -0.2) is 16.9 Å². The molecule has 5 heteroatoms. The van der Waals surface area contributed by atoms with E-state index in [9.17, 15) is 4.79 Å². The maximum absolute atomic E-state index is 12.5. The number of rotatable bonds is 4. The fraction of sp³-hybridized carbons (Fsp3) is 0.0385. The Hall–Kier alpha value is -3.70. The van der Waals surface area contributed by atoms with E-state index in [0.29, 0.717) is 5.90 Å². The molecular weight excluding hydrogens is 404 g/mol. The topological polar surface area (TPSA) is 51.5 Å². The van der Waals surface area contributed by atoms with Gasteiger partial charge in [-0.25, -0.2) is 14.8 Å². The van der Waals surface area contributed by atoms with E-state index in [0.717, 1.165) is 37.5 Å². The van der Waals surface area contributed by atoms with Gasteiger partial charge in [0.15, 0.2) is 5.70 Å². The van der Waals surface area contributed by atoms with E-state index < -0.39 is 5.97 Å². The van der Waals surface area contributed by atoms with Crippen LogP contribution in [0.2, 0.25) is 0 Å². The van der Waals surface area contributed by atoms with Gasteiger partial charge in [-0.1, -0.05) is 66.4 Å². The molecule has 2 heterocycles. The van der Waals surface area contributed by atoms with Gasteiger partial charge in [-0.05, 0) is 48.9 Å². The second-order valence-corrected chi connectivity index (χ2v) is 8.21. The fourth-order valence-corrected chi connectivity index (χ4v) is 4.28. The summed E-state index contributed by atoms with van der Waals surface area (Å²) in [4.78, 5) is 23.0. The predicted octanol–water partition coefficient (Wildman–Crippen LogP) is 6.04. The van der Waals surface area contributed by atoms with E-state index in [-0.39, 0.29) is 5.70 Å². The number of benzene rings is 3. The van der Waals surface area contributed by atoms with Crippen LogP contribution in [0.3, 0.4) is 0 Å². The third-order valence-electron chi connectivity index (χ3n) is 4.93. The number of fused-ring (bicyclic) bond motifs is 1. The van der Waals surface area contributed by atoms with Crippen LogP contribution in [0, 0.1) is 6.92 Å². The fourth-order valence-electron chi connectivity index (χ4n) is 3.39. The van der Waals surface area contributed by atoms with Gasteiger partial charge in [0.1, 0.15) is 5.03 Å². The first-order chi connectivity index (χ1) is 15.2. The van der Waals surface area contributed by atoms with E-state index >= 15 is 0 Å². The molecule has 150 valence electrons. The summed E-state index contributed by atoms with van der Waals surface area (Å²) in [7, 11) is 0. The Morgan fingerprint density at radius 1 is 0.903 bits per heavy atom. The van der Waals surface area contributed by atoms with Crippen molar-refractivity contribution in [2.75, 3.05) is 0 Å². The normalized spacial score (nSPS) is 14.7. The Morgan fingerprint density at radius 3 is 2.42 bits per heavy atom. The molecule has 0 spiro atoms. The maximum atomic E-state index is 12.5. The summed E-state index contributed by atoms with van der Waals surface area (Å²) in [6, 6.07) is 27.6. The summed E-state index contributed by atoms with van der Waals surface area (Å²) in [5.41, 5.74) is 3.92. The lowest BCUT2D eigenvalue weighted by atomic mass is 10.1. The Bertz CT molecular complexity index is 1350. The van der Waals surface area contributed by atoms with Crippen LogP contribution in [0.25, 0.3) is 17.0 Å². The summed E-state index contributed by atoms with van der Waals surface area (Å²) >= 11 is 1.56. The highest BCUT2D eigenvalue weighted by atomic mass is 32.2. The number of aliphatic imine (C=N–C) groups is 1. The van der Waals surface area contributed by atoms with Gasteiger partial charge in [0.05, 0.1) is 5.52 Å². The Morgan fingerprint density at radius 2 is 1.65 bits per heavy atom. The lowest BCUT2D eigenvalue weighted by Crippen LogP contribution is -2.05. The predicted molar refractivity (Wildman–Crippen MR) is 124 cm³/mol. The molecule has 1 aromatic heterocycles. The standard InChI is InChI=1S/C26H18N2O2S/c1-17-9-8-12-19-15-20(25(28-23(17)19)31-21-13-6-3-7-14-21)16-22-26(29)30-24(27-22)18-10-4-2-5-11-18/h2-16H,1H3/b22-16+. The van der Waals surface area contributed by atoms with Crippen molar-refractivity contribution in [3.8, 4) is 0 Å². The quantitative estimate of drug-likeness (QED) is 0.297. The Balaban J connectivity index is 1.62. The van der Waals surface area contributed by atoms with Crippen LogP contribution in [0.15, 0.2) is 106 Å². The molecule has 0 amide bonds. The number of hydrogen-bond acceptors (Lipinski definition) is 5. The number of ether oxygens (including phenoxy) is 1. The van der Waals surface area contributed by atoms with Crippen LogP contribution < -0.4 is 0 Å². The molecule has 0 unspecified atom stereocenters. The molecule has 4 nitrogen and oxygen atoms in total. The third kappa shape index (κ3) is 4.00. The number of nitrogens with zero attached hydrogens (tertiary/aromatic N) is 2. The molecule has 3 aromatic carbocycles. The van der Waals surface area contributed by atoms with Crippen LogP contribution in [-0.2, 0) is 9.53 Å². The average Bonchev–Trinajstić information content (AvgIpc) is 3.16. The van der Waals surface area contributed by atoms with Gasteiger partial charge in [-0.3, -0.25) is 0 Å². The summed E-state index contributed by atoms with van der Waals surface area (Å²) in [5.74, 6) is -0.141. The zero-order valence-corrected chi connectivity index (χ0v) is 17.6. The molecule has 0 bridgehead atoms. The van der Waals surface area contributed by atoms with E-state index in [1.807, 2.05) is 72.8 Å². The summed E-state index contributed by atoms with van der Waals surface area (Å²) in [6.45, 7) is 2.05. The molecule has 0 atom stereocenters. The molecule has 4 aromatic rings. The van der Waals surface area contributed by atoms with Gasteiger partial charge in [-0.2, -0.15) is 0 Å². The Kier molecular flexibility index (Phi) is 5.10.